The van der Waals surface area contributed by atoms with Gasteiger partial charge in [0.15, 0.2) is 11.5 Å². The number of aromatic amines is 1. The first-order chi connectivity index (χ1) is 15.0. The summed E-state index contributed by atoms with van der Waals surface area (Å²) in [6.45, 7) is 1.88. The Labute approximate surface area is 180 Å². The van der Waals surface area contributed by atoms with Gasteiger partial charge >= 0.3 is 0 Å². The molecule has 5 aromatic rings. The maximum atomic E-state index is 14.7. The summed E-state index contributed by atoms with van der Waals surface area (Å²) in [7, 11) is 0. The second-order valence-corrected chi connectivity index (χ2v) is 7.49. The molecule has 2 aromatic carbocycles. The molecule has 0 aliphatic rings. The largest absolute Gasteiger partial charge is 0.362 e. The normalized spacial score (nSPS) is 12.4. The van der Waals surface area contributed by atoms with Crippen LogP contribution in [0.3, 0.4) is 0 Å². The van der Waals surface area contributed by atoms with Gasteiger partial charge in [-0.15, -0.1) is 0 Å². The van der Waals surface area contributed by atoms with E-state index in [9.17, 15) is 8.78 Å². The zero-order valence-corrected chi connectivity index (χ0v) is 17.0. The zero-order chi connectivity index (χ0) is 21.5. The van der Waals surface area contributed by atoms with Gasteiger partial charge in [-0.3, -0.25) is 0 Å². The first-order valence-electron chi connectivity index (χ1n) is 9.46. The van der Waals surface area contributed by atoms with Crippen LogP contribution in [0.25, 0.3) is 33.3 Å². The minimum Gasteiger partial charge on any atom is -0.362 e. The zero-order valence-electron chi connectivity index (χ0n) is 16.2. The Hall–Kier alpha value is -3.65. The SMILES string of the molecule is C[C@H](Nc1ncnc2[nH]cnc12)c1cc2cccc(F)c2nc1-c1cc(Cl)ccc1F. The van der Waals surface area contributed by atoms with E-state index in [1.165, 1.54) is 36.9 Å². The van der Waals surface area contributed by atoms with Crippen LogP contribution < -0.4 is 5.32 Å². The molecule has 0 spiro atoms. The van der Waals surface area contributed by atoms with E-state index in [4.69, 9.17) is 11.6 Å². The van der Waals surface area contributed by atoms with Gasteiger partial charge in [0.25, 0.3) is 0 Å². The van der Waals surface area contributed by atoms with E-state index in [1.807, 2.05) is 6.92 Å². The molecule has 5 rings (SSSR count). The van der Waals surface area contributed by atoms with Crippen molar-refractivity contribution in [3.63, 3.8) is 0 Å². The number of pyridine rings is 1. The maximum Gasteiger partial charge on any atom is 0.162 e. The highest BCUT2D eigenvalue weighted by molar-refractivity contribution is 6.30. The third-order valence-electron chi connectivity index (χ3n) is 5.05. The molecule has 0 aliphatic heterocycles. The lowest BCUT2D eigenvalue weighted by Crippen LogP contribution is -2.11. The molecule has 0 aliphatic carbocycles. The van der Waals surface area contributed by atoms with Gasteiger partial charge < -0.3 is 10.3 Å². The Morgan fingerprint density at radius 2 is 1.87 bits per heavy atom. The van der Waals surface area contributed by atoms with Gasteiger partial charge in [-0.25, -0.2) is 28.7 Å². The van der Waals surface area contributed by atoms with E-state index in [2.05, 4.69) is 30.2 Å². The predicted octanol–water partition coefficient (Wildman–Crippen LogP) is 5.67. The molecule has 0 unspecified atom stereocenters. The molecule has 2 N–H and O–H groups in total. The van der Waals surface area contributed by atoms with E-state index >= 15 is 0 Å². The van der Waals surface area contributed by atoms with Crippen molar-refractivity contribution in [2.75, 3.05) is 5.32 Å². The number of H-pyrrole nitrogens is 1. The molecular weight excluding hydrogens is 422 g/mol. The highest BCUT2D eigenvalue weighted by atomic mass is 35.5. The van der Waals surface area contributed by atoms with E-state index in [0.717, 1.165) is 0 Å². The van der Waals surface area contributed by atoms with Crippen LogP contribution in [0.4, 0.5) is 14.6 Å². The quantitative estimate of drug-likeness (QED) is 0.379. The molecule has 0 saturated heterocycles. The number of para-hydroxylation sites is 1. The molecule has 31 heavy (non-hydrogen) atoms. The van der Waals surface area contributed by atoms with Crippen LogP contribution in [0.1, 0.15) is 18.5 Å². The van der Waals surface area contributed by atoms with Crippen LogP contribution in [-0.4, -0.2) is 24.9 Å². The molecule has 0 saturated carbocycles. The summed E-state index contributed by atoms with van der Waals surface area (Å²) in [4.78, 5) is 20.1. The number of hydrogen-bond donors (Lipinski definition) is 2. The maximum absolute atomic E-state index is 14.7. The first kappa shape index (κ1) is 19.3. The fourth-order valence-corrected chi connectivity index (χ4v) is 3.73. The molecule has 3 heterocycles. The second-order valence-electron chi connectivity index (χ2n) is 7.05. The molecule has 3 aromatic heterocycles. The number of fused-ring (bicyclic) bond motifs is 2. The van der Waals surface area contributed by atoms with Crippen LogP contribution in [0.2, 0.25) is 5.02 Å². The van der Waals surface area contributed by atoms with Crippen molar-refractivity contribution in [2.24, 2.45) is 0 Å². The molecule has 154 valence electrons. The minimum absolute atomic E-state index is 0.157. The fourth-order valence-electron chi connectivity index (χ4n) is 3.56. The third-order valence-corrected chi connectivity index (χ3v) is 5.28. The summed E-state index contributed by atoms with van der Waals surface area (Å²) in [6.07, 6.45) is 2.95. The molecule has 1 atom stereocenters. The standard InChI is InChI=1S/C22H15ClF2N6/c1-11(30-22-20-21(27-9-26-20)28-10-29-22)14-7-12-3-2-4-17(25)18(12)31-19(14)15-8-13(23)5-6-16(15)24/h2-11H,1H3,(H2,26,27,28,29,30)/t11-/m0/s1. The van der Waals surface area contributed by atoms with Gasteiger partial charge in [0, 0.05) is 21.5 Å². The van der Waals surface area contributed by atoms with Crippen molar-refractivity contribution in [1.29, 1.82) is 0 Å². The summed E-state index contributed by atoms with van der Waals surface area (Å²) < 4.78 is 29.2. The highest BCUT2D eigenvalue weighted by Gasteiger charge is 2.20. The monoisotopic (exact) mass is 436 g/mol. The van der Waals surface area contributed by atoms with Crippen LogP contribution in [-0.2, 0) is 0 Å². The number of rotatable bonds is 4. The Bertz CT molecular complexity index is 1430. The summed E-state index contributed by atoms with van der Waals surface area (Å²) in [5, 5.41) is 4.24. The number of aromatic nitrogens is 5. The molecule has 0 amide bonds. The van der Waals surface area contributed by atoms with Crippen molar-refractivity contribution in [2.45, 2.75) is 13.0 Å². The minimum atomic E-state index is -0.502. The molecule has 6 nitrogen and oxygen atoms in total. The third kappa shape index (κ3) is 3.44. The molecular formula is C22H15ClF2N6. The van der Waals surface area contributed by atoms with Crippen molar-refractivity contribution < 1.29 is 8.78 Å². The topological polar surface area (TPSA) is 79.4 Å². The average Bonchev–Trinajstić information content (AvgIpc) is 3.25. The molecule has 0 radical (unpaired) electrons. The van der Waals surface area contributed by atoms with Crippen molar-refractivity contribution >= 4 is 39.5 Å². The van der Waals surface area contributed by atoms with Gasteiger partial charge in [-0.2, -0.15) is 0 Å². The van der Waals surface area contributed by atoms with E-state index in [0.29, 0.717) is 38.6 Å². The van der Waals surface area contributed by atoms with E-state index < -0.39 is 11.6 Å². The predicted molar refractivity (Wildman–Crippen MR) is 116 cm³/mol. The fraction of sp³-hybridized carbons (Fsp3) is 0.0909. The summed E-state index contributed by atoms with van der Waals surface area (Å²) in [6, 6.07) is 10.3. The number of halogens is 3. The van der Waals surface area contributed by atoms with Crippen LogP contribution in [0.5, 0.6) is 0 Å². The van der Waals surface area contributed by atoms with Crippen LogP contribution in [0, 0.1) is 11.6 Å². The van der Waals surface area contributed by atoms with Gasteiger partial charge in [-0.1, -0.05) is 23.7 Å². The lowest BCUT2D eigenvalue weighted by Gasteiger charge is -2.19. The molecule has 9 heteroatoms. The van der Waals surface area contributed by atoms with Gasteiger partial charge in [0.2, 0.25) is 0 Å². The van der Waals surface area contributed by atoms with Crippen molar-refractivity contribution in [3.05, 3.63) is 77.3 Å². The number of nitrogens with zero attached hydrogens (tertiary/aromatic N) is 4. The smallest absolute Gasteiger partial charge is 0.162 e. The van der Waals surface area contributed by atoms with E-state index in [1.54, 1.807) is 18.2 Å². The molecule has 0 bridgehead atoms. The Kier molecular flexibility index (Phi) is 4.71. The lowest BCUT2D eigenvalue weighted by molar-refractivity contribution is 0.629. The highest BCUT2D eigenvalue weighted by Crippen LogP contribution is 2.35. The van der Waals surface area contributed by atoms with Crippen molar-refractivity contribution in [1.82, 2.24) is 24.9 Å². The number of anilines is 1. The number of nitrogens with one attached hydrogen (secondary N) is 2. The lowest BCUT2D eigenvalue weighted by atomic mass is 9.98. The summed E-state index contributed by atoms with van der Waals surface area (Å²) >= 11 is 6.12. The Balaban J connectivity index is 1.69. The van der Waals surface area contributed by atoms with Crippen LogP contribution >= 0.6 is 11.6 Å². The first-order valence-corrected chi connectivity index (χ1v) is 9.84. The second kappa shape index (κ2) is 7.55. The average molecular weight is 437 g/mol. The van der Waals surface area contributed by atoms with Crippen LogP contribution in [0.15, 0.2) is 55.1 Å². The van der Waals surface area contributed by atoms with Gasteiger partial charge in [-0.05, 0) is 37.3 Å². The Morgan fingerprint density at radius 3 is 2.74 bits per heavy atom. The summed E-state index contributed by atoms with van der Waals surface area (Å²) in [5.41, 5.74) is 2.46. The van der Waals surface area contributed by atoms with Crippen molar-refractivity contribution in [3.8, 4) is 11.3 Å². The number of imidazole rings is 1. The van der Waals surface area contributed by atoms with E-state index in [-0.39, 0.29) is 17.1 Å². The number of benzene rings is 2. The summed E-state index contributed by atoms with van der Waals surface area (Å²) in [5.74, 6) is -0.476. The van der Waals surface area contributed by atoms with Gasteiger partial charge in [0.1, 0.15) is 29.0 Å². The number of hydrogen-bond acceptors (Lipinski definition) is 5. The molecule has 0 fully saturated rings. The van der Waals surface area contributed by atoms with Gasteiger partial charge in [0.05, 0.1) is 18.1 Å². The Morgan fingerprint density at radius 1 is 1.00 bits per heavy atom.